The number of hydrogen-bond acceptors (Lipinski definition) is 3. The number of carbonyl (C=O) groups is 3. The van der Waals surface area contributed by atoms with Crippen LogP contribution in [0.2, 0.25) is 0 Å². The second-order valence-electron chi connectivity index (χ2n) is 6.76. The first-order valence-corrected chi connectivity index (χ1v) is 8.70. The van der Waals surface area contributed by atoms with Crippen molar-refractivity contribution in [3.8, 4) is 0 Å². The monoisotopic (exact) mass is 351 g/mol. The number of amides is 1. The number of aliphatic carboxylic acids is 1. The molecule has 1 saturated carbocycles. The third-order valence-electron chi connectivity index (χ3n) is 4.85. The van der Waals surface area contributed by atoms with Crippen LogP contribution in [0.4, 0.5) is 0 Å². The summed E-state index contributed by atoms with van der Waals surface area (Å²) >= 11 is 0. The van der Waals surface area contributed by atoms with Gasteiger partial charge in [-0.2, -0.15) is 0 Å². The van der Waals surface area contributed by atoms with Gasteiger partial charge < -0.3 is 10.4 Å². The minimum atomic E-state index is -0.823. The number of aryl methyl sites for hydroxylation is 1. The topological polar surface area (TPSA) is 83.5 Å². The van der Waals surface area contributed by atoms with Crippen molar-refractivity contribution in [1.29, 1.82) is 0 Å². The molecule has 0 radical (unpaired) electrons. The van der Waals surface area contributed by atoms with E-state index in [0.29, 0.717) is 36.0 Å². The maximum atomic E-state index is 12.8. The zero-order valence-corrected chi connectivity index (χ0v) is 14.6. The van der Waals surface area contributed by atoms with Crippen LogP contribution in [0.25, 0.3) is 0 Å². The van der Waals surface area contributed by atoms with Crippen LogP contribution in [0.1, 0.15) is 51.1 Å². The molecule has 0 aromatic heterocycles. The number of rotatable bonds is 5. The van der Waals surface area contributed by atoms with E-state index in [1.54, 1.807) is 36.4 Å². The quantitative estimate of drug-likeness (QED) is 0.810. The van der Waals surface area contributed by atoms with Crippen LogP contribution in [-0.2, 0) is 4.79 Å². The van der Waals surface area contributed by atoms with Crippen molar-refractivity contribution in [2.75, 3.05) is 0 Å². The largest absolute Gasteiger partial charge is 0.481 e. The lowest BCUT2D eigenvalue weighted by Gasteiger charge is -2.14. The Hall–Kier alpha value is -2.95. The Balaban J connectivity index is 1.78. The molecule has 3 rings (SSSR count). The molecule has 2 aromatic carbocycles. The van der Waals surface area contributed by atoms with E-state index in [-0.39, 0.29) is 17.7 Å². The minimum Gasteiger partial charge on any atom is -0.481 e. The first-order chi connectivity index (χ1) is 12.5. The predicted octanol–water partition coefficient (Wildman–Crippen LogP) is 3.21. The normalized spacial score (nSPS) is 19.1. The van der Waals surface area contributed by atoms with Gasteiger partial charge in [-0.25, -0.2) is 0 Å². The molecule has 26 heavy (non-hydrogen) atoms. The van der Waals surface area contributed by atoms with Gasteiger partial charge in [0, 0.05) is 17.2 Å². The third kappa shape index (κ3) is 3.82. The molecule has 0 saturated heterocycles. The van der Waals surface area contributed by atoms with E-state index in [1.807, 2.05) is 19.1 Å². The summed E-state index contributed by atoms with van der Waals surface area (Å²) in [6.45, 7) is 1.95. The Morgan fingerprint density at radius 1 is 0.962 bits per heavy atom. The molecule has 2 N–H and O–H groups in total. The lowest BCUT2D eigenvalue weighted by molar-refractivity contribution is -0.141. The first kappa shape index (κ1) is 17.9. The Morgan fingerprint density at radius 3 is 2.23 bits per heavy atom. The van der Waals surface area contributed by atoms with Crippen molar-refractivity contribution in [2.45, 2.75) is 32.2 Å². The fourth-order valence-corrected chi connectivity index (χ4v) is 3.34. The van der Waals surface area contributed by atoms with Crippen molar-refractivity contribution >= 4 is 17.7 Å². The molecule has 0 unspecified atom stereocenters. The molecular formula is C21H21NO4. The van der Waals surface area contributed by atoms with Gasteiger partial charge in [-0.05, 0) is 32.3 Å². The van der Waals surface area contributed by atoms with Gasteiger partial charge in [-0.1, -0.05) is 48.0 Å². The van der Waals surface area contributed by atoms with Crippen LogP contribution in [0.15, 0.2) is 48.5 Å². The maximum absolute atomic E-state index is 12.8. The minimum absolute atomic E-state index is 0.175. The number of hydrogen-bond donors (Lipinski definition) is 2. The van der Waals surface area contributed by atoms with E-state index in [1.165, 1.54) is 0 Å². The SMILES string of the molecule is Cc1ccc(C(=O)c2ccccc2C(=O)N[C@@H]2CC[C@H](C(=O)O)C2)cc1. The number of ketones is 1. The standard InChI is InChI=1S/C21H21NO4/c1-13-6-8-14(9-7-13)19(23)17-4-2-3-5-18(17)20(24)22-16-11-10-15(12-16)21(25)26/h2-9,15-16H,10-12H2,1H3,(H,22,24)(H,25,26)/t15-,16+/m0/s1. The Bertz CT molecular complexity index is 841. The van der Waals surface area contributed by atoms with E-state index < -0.39 is 11.9 Å². The molecule has 1 aliphatic rings. The van der Waals surface area contributed by atoms with E-state index in [9.17, 15) is 14.4 Å². The highest BCUT2D eigenvalue weighted by Gasteiger charge is 2.31. The zero-order valence-electron chi connectivity index (χ0n) is 14.6. The molecule has 5 heteroatoms. The van der Waals surface area contributed by atoms with Crippen molar-refractivity contribution in [1.82, 2.24) is 5.32 Å². The number of carboxylic acids is 1. The van der Waals surface area contributed by atoms with Gasteiger partial charge in [0.15, 0.2) is 5.78 Å². The molecule has 0 spiro atoms. The van der Waals surface area contributed by atoms with Gasteiger partial charge in [-0.3, -0.25) is 14.4 Å². The molecule has 2 aromatic rings. The number of carbonyl (C=O) groups excluding carboxylic acids is 2. The highest BCUT2D eigenvalue weighted by molar-refractivity contribution is 6.15. The Labute approximate surface area is 152 Å². The molecule has 2 atom stereocenters. The third-order valence-corrected chi connectivity index (χ3v) is 4.85. The van der Waals surface area contributed by atoms with Gasteiger partial charge in [0.2, 0.25) is 0 Å². The van der Waals surface area contributed by atoms with E-state index in [4.69, 9.17) is 5.11 Å². The van der Waals surface area contributed by atoms with Crippen LogP contribution in [0.3, 0.4) is 0 Å². The van der Waals surface area contributed by atoms with E-state index in [2.05, 4.69) is 5.32 Å². The van der Waals surface area contributed by atoms with Crippen molar-refractivity contribution < 1.29 is 19.5 Å². The number of nitrogens with one attached hydrogen (secondary N) is 1. The second-order valence-corrected chi connectivity index (χ2v) is 6.76. The molecule has 0 bridgehead atoms. The number of carboxylic acid groups (broad SMARTS) is 1. The van der Waals surface area contributed by atoms with Crippen LogP contribution < -0.4 is 5.32 Å². The molecule has 1 amide bonds. The smallest absolute Gasteiger partial charge is 0.306 e. The van der Waals surface area contributed by atoms with Crippen LogP contribution >= 0.6 is 0 Å². The molecule has 1 fully saturated rings. The fraction of sp³-hybridized carbons (Fsp3) is 0.286. The van der Waals surface area contributed by atoms with Crippen molar-refractivity contribution in [2.24, 2.45) is 5.92 Å². The van der Waals surface area contributed by atoms with E-state index in [0.717, 1.165) is 5.56 Å². The summed E-state index contributed by atoms with van der Waals surface area (Å²) in [5.41, 5.74) is 2.25. The summed E-state index contributed by atoms with van der Waals surface area (Å²) < 4.78 is 0. The average Bonchev–Trinajstić information content (AvgIpc) is 3.10. The van der Waals surface area contributed by atoms with Crippen molar-refractivity contribution in [3.05, 3.63) is 70.8 Å². The van der Waals surface area contributed by atoms with Gasteiger partial charge >= 0.3 is 5.97 Å². The van der Waals surface area contributed by atoms with Gasteiger partial charge in [0.05, 0.1) is 11.5 Å². The summed E-state index contributed by atoms with van der Waals surface area (Å²) in [5.74, 6) is -1.77. The van der Waals surface area contributed by atoms with Gasteiger partial charge in [-0.15, -0.1) is 0 Å². The van der Waals surface area contributed by atoms with Crippen LogP contribution in [0, 0.1) is 12.8 Å². The lowest BCUT2D eigenvalue weighted by Crippen LogP contribution is -2.34. The summed E-state index contributed by atoms with van der Waals surface area (Å²) in [7, 11) is 0. The Kier molecular flexibility index (Phi) is 5.16. The van der Waals surface area contributed by atoms with Crippen LogP contribution in [0.5, 0.6) is 0 Å². The second kappa shape index (κ2) is 7.52. The summed E-state index contributed by atoms with van der Waals surface area (Å²) in [6, 6.07) is 13.8. The van der Waals surface area contributed by atoms with Gasteiger partial charge in [0.1, 0.15) is 0 Å². The van der Waals surface area contributed by atoms with Crippen molar-refractivity contribution in [3.63, 3.8) is 0 Å². The molecular weight excluding hydrogens is 330 g/mol. The van der Waals surface area contributed by atoms with Gasteiger partial charge in [0.25, 0.3) is 5.91 Å². The summed E-state index contributed by atoms with van der Waals surface area (Å²) in [4.78, 5) is 36.6. The predicted molar refractivity (Wildman–Crippen MR) is 97.3 cm³/mol. The molecule has 0 heterocycles. The summed E-state index contributed by atoms with van der Waals surface area (Å²) in [6.07, 6.45) is 1.62. The maximum Gasteiger partial charge on any atom is 0.306 e. The number of benzene rings is 2. The average molecular weight is 351 g/mol. The zero-order chi connectivity index (χ0) is 18.7. The highest BCUT2D eigenvalue weighted by atomic mass is 16.4. The molecule has 134 valence electrons. The lowest BCUT2D eigenvalue weighted by atomic mass is 9.97. The highest BCUT2D eigenvalue weighted by Crippen LogP contribution is 2.26. The first-order valence-electron chi connectivity index (χ1n) is 8.70. The molecule has 0 aliphatic heterocycles. The van der Waals surface area contributed by atoms with E-state index >= 15 is 0 Å². The molecule has 5 nitrogen and oxygen atoms in total. The molecule has 1 aliphatic carbocycles. The summed E-state index contributed by atoms with van der Waals surface area (Å²) in [5, 5.41) is 12.0. The Morgan fingerprint density at radius 2 is 1.62 bits per heavy atom. The fourth-order valence-electron chi connectivity index (χ4n) is 3.34. The van der Waals surface area contributed by atoms with Crippen LogP contribution in [-0.4, -0.2) is 28.8 Å².